The zero-order valence-corrected chi connectivity index (χ0v) is 59.0. The SMILES string of the molecule is CO[C@]1(N=[N+]=[N-])CC[C@@H]2C3CCC4=CC(=O)CC[C@]4(C)[C@@H]3CC[C@@]21C.C[C@]12CCC(=O)C=C1CCC1[C@H]2CC[C@@]2(C)[C@@H]1CC[C@@]2(O)N=[N+]=[N-].C[C@]12CCC(=O)C=C1CCC1[C@H]2CC[C@]2(C)C(N=[N+]=[N-])=CC[C@H]12.C[C@]12CCC(=O)CC1=CCC1[C@H]2CC[C@@]2(C)[C@@H]1CC[C@@]2(O)N=[N+]=[N-]. The number of hydrogen-bond donors (Lipinski definition) is 2. The molecule has 16 rings (SSSR count). The normalized spacial score (nSPS) is 48.6. The summed E-state index contributed by atoms with van der Waals surface area (Å²) < 4.78 is 5.86. The summed E-state index contributed by atoms with van der Waals surface area (Å²) >= 11 is 0. The fourth-order valence-corrected chi connectivity index (χ4v) is 27.0. The molecule has 0 aromatic rings. The Balaban J connectivity index is 0.000000116. The number of ketones is 4. The first-order valence-electron chi connectivity index (χ1n) is 37.4. The van der Waals surface area contributed by atoms with Crippen LogP contribution in [0.1, 0.15) is 254 Å². The molecule has 19 heteroatoms. The number of allylic oxidation sites excluding steroid dienone is 8. The highest BCUT2D eigenvalue weighted by molar-refractivity contribution is 5.92. The molecule has 0 spiro atoms. The first-order valence-corrected chi connectivity index (χ1v) is 37.4. The number of azide groups is 4. The van der Waals surface area contributed by atoms with Crippen LogP contribution in [0.5, 0.6) is 0 Å². The van der Waals surface area contributed by atoms with Crippen molar-refractivity contribution >= 4 is 23.1 Å². The smallest absolute Gasteiger partial charge is 0.155 e. The van der Waals surface area contributed by atoms with E-state index in [0.717, 1.165) is 147 Å². The maximum Gasteiger partial charge on any atom is 0.155 e. The molecule has 16 aliphatic rings. The Morgan fingerprint density at radius 1 is 0.396 bits per heavy atom. The summed E-state index contributed by atoms with van der Waals surface area (Å²) in [5.74, 6) is 8.28. The average molecular weight is 1310 g/mol. The van der Waals surface area contributed by atoms with Crippen LogP contribution in [0.25, 0.3) is 41.8 Å². The van der Waals surface area contributed by atoms with E-state index in [1.165, 1.54) is 35.1 Å². The summed E-state index contributed by atoms with van der Waals surface area (Å²) in [5, 5.41) is 37.8. The molecule has 23 atom stereocenters. The number of carbonyl (C=O) groups is 4. The standard InChI is InChI=1S/C20H29N3O2.2C19H27N3O2.C19H25N3O/c1-18-9-6-14(24)12-13(18)4-5-15-16(18)7-10-19(2)17(15)8-11-20(19,25-3)22-23-21;2*1-17-8-5-13(23)11-12(17)3-4-14-15(17)6-9-18(2)16(14)7-10-19(18,24)21-22-20;1-18-9-7-13(23)11-12(18)3-4-14-15-5-6-17(21-22-20)19(15,2)10-8-16(14)18/h12,15-17H,4-11H2,1-3H3;11,14-16,24H,3-10H2,1-2H3;3,14-16,24H,4-11H2,1-2H3;6,11,14-16H,3-5,7-10H2,1-2H3/t15?,16-,17-,18+,19+,20-;2*14?,15-,16-,17+,18+,19+;14?,15-,16-,18+,19+/m1111/s1. The molecule has 0 radical (unpaired) electrons. The van der Waals surface area contributed by atoms with Gasteiger partial charge in [0.25, 0.3) is 0 Å². The highest BCUT2D eigenvalue weighted by Gasteiger charge is 2.68. The molecule has 19 nitrogen and oxygen atoms in total. The van der Waals surface area contributed by atoms with Gasteiger partial charge >= 0.3 is 0 Å². The van der Waals surface area contributed by atoms with E-state index in [2.05, 4.69) is 108 Å². The summed E-state index contributed by atoms with van der Waals surface area (Å²) in [6.45, 7) is 18.4. The number of nitrogens with zero attached hydrogens (tertiary/aromatic N) is 12. The van der Waals surface area contributed by atoms with Crippen LogP contribution < -0.4 is 0 Å². The second-order valence-electron chi connectivity index (χ2n) is 35.5. The Labute approximate surface area is 568 Å². The fraction of sp³-hybridized carbons (Fsp3) is 0.818. The first kappa shape index (κ1) is 69.0. The molecule has 16 aliphatic carbocycles. The molecule has 518 valence electrons. The fourth-order valence-electron chi connectivity index (χ4n) is 27.0. The van der Waals surface area contributed by atoms with E-state index in [1.54, 1.807) is 7.11 Å². The number of fused-ring (bicyclic) bond motifs is 20. The number of ether oxygens (including phenoxy) is 1. The van der Waals surface area contributed by atoms with Gasteiger partial charge < -0.3 is 14.9 Å². The molecule has 0 aliphatic heterocycles. The lowest BCUT2D eigenvalue weighted by molar-refractivity contribution is -0.141. The van der Waals surface area contributed by atoms with Crippen molar-refractivity contribution in [2.24, 2.45) is 135 Å². The lowest BCUT2D eigenvalue weighted by atomic mass is 9.47. The third-order valence-corrected chi connectivity index (χ3v) is 32.8. The predicted molar refractivity (Wildman–Crippen MR) is 367 cm³/mol. The molecule has 4 unspecified atom stereocenters. The topological polar surface area (TPSA) is 313 Å². The van der Waals surface area contributed by atoms with Gasteiger partial charge in [0, 0.05) is 80.8 Å². The van der Waals surface area contributed by atoms with Gasteiger partial charge in [-0.2, -0.15) is 0 Å². The Hall–Kier alpha value is -5.50. The van der Waals surface area contributed by atoms with Crippen LogP contribution in [0.4, 0.5) is 0 Å². The molecule has 0 bridgehead atoms. The van der Waals surface area contributed by atoms with Gasteiger partial charge in [-0.1, -0.05) is 110 Å². The number of methoxy groups -OCH3 is 1. The van der Waals surface area contributed by atoms with E-state index < -0.39 is 17.2 Å². The van der Waals surface area contributed by atoms with Gasteiger partial charge in [-0.25, -0.2) is 0 Å². The van der Waals surface area contributed by atoms with Crippen LogP contribution in [0, 0.1) is 114 Å². The molecule has 96 heavy (non-hydrogen) atoms. The van der Waals surface area contributed by atoms with Crippen LogP contribution >= 0.6 is 0 Å². The highest BCUT2D eigenvalue weighted by atomic mass is 16.5. The van der Waals surface area contributed by atoms with Crippen LogP contribution in [0.15, 0.2) is 78.8 Å². The second kappa shape index (κ2) is 24.7. The Bertz CT molecular complexity index is 3610. The van der Waals surface area contributed by atoms with E-state index in [9.17, 15) is 29.4 Å². The third-order valence-electron chi connectivity index (χ3n) is 32.8. The number of carbonyl (C=O) groups excluding carboxylic acids is 4. The van der Waals surface area contributed by atoms with Gasteiger partial charge in [0.1, 0.15) is 17.2 Å². The predicted octanol–water partition coefficient (Wildman–Crippen LogP) is 19.5. The maximum absolute atomic E-state index is 11.9. The van der Waals surface area contributed by atoms with E-state index in [0.29, 0.717) is 139 Å². The monoisotopic (exact) mass is 1310 g/mol. The van der Waals surface area contributed by atoms with E-state index in [1.807, 2.05) is 18.2 Å². The summed E-state index contributed by atoms with van der Waals surface area (Å²) in [6.07, 6.45) is 39.8. The second-order valence-corrected chi connectivity index (χ2v) is 35.5. The van der Waals surface area contributed by atoms with Crippen molar-refractivity contribution in [3.05, 3.63) is 100 Å². The quantitative estimate of drug-likeness (QED) is 0.116. The number of rotatable bonds is 5. The van der Waals surface area contributed by atoms with Crippen LogP contribution in [-0.4, -0.2) is 57.6 Å². The van der Waals surface area contributed by atoms with Crippen molar-refractivity contribution in [2.75, 3.05) is 7.11 Å². The molecule has 0 aromatic heterocycles. The van der Waals surface area contributed by atoms with Crippen LogP contribution in [0.3, 0.4) is 0 Å². The molecular weight excluding hydrogens is 1200 g/mol. The number of hydrogen-bond acceptors (Lipinski definition) is 11. The summed E-state index contributed by atoms with van der Waals surface area (Å²) in [5.41, 5.74) is 39.3. The zero-order valence-electron chi connectivity index (χ0n) is 59.0. The minimum Gasteiger partial charge on any atom is -0.383 e. The van der Waals surface area contributed by atoms with Gasteiger partial charge in [-0.3, -0.25) is 19.2 Å². The van der Waals surface area contributed by atoms with Crippen molar-refractivity contribution in [1.82, 2.24) is 0 Å². The lowest BCUT2D eigenvalue weighted by Gasteiger charge is -2.59. The third kappa shape index (κ3) is 10.3. The Kier molecular flexibility index (Phi) is 17.7. The first-order chi connectivity index (χ1) is 45.6. The maximum atomic E-state index is 11.9. The van der Waals surface area contributed by atoms with E-state index in [4.69, 9.17) is 26.9 Å². The minimum atomic E-state index is -1.23. The summed E-state index contributed by atoms with van der Waals surface area (Å²) in [4.78, 5) is 59.6. The molecule has 0 aromatic carbocycles. The zero-order chi connectivity index (χ0) is 68.4. The van der Waals surface area contributed by atoms with Crippen LogP contribution in [0.2, 0.25) is 0 Å². The van der Waals surface area contributed by atoms with Crippen LogP contribution in [-0.2, 0) is 23.9 Å². The van der Waals surface area contributed by atoms with E-state index >= 15 is 0 Å². The molecule has 11 fully saturated rings. The van der Waals surface area contributed by atoms with Gasteiger partial charge in [0.05, 0.1) is 0 Å². The van der Waals surface area contributed by atoms with Gasteiger partial charge in [-0.15, -0.1) is 0 Å². The minimum absolute atomic E-state index is 0.0649. The van der Waals surface area contributed by atoms with Crippen molar-refractivity contribution in [1.29, 1.82) is 0 Å². The molecule has 2 N–H and O–H groups in total. The molecule has 0 amide bonds. The lowest BCUT2D eigenvalue weighted by Crippen LogP contribution is -2.54. The summed E-state index contributed by atoms with van der Waals surface area (Å²) in [7, 11) is 1.70. The van der Waals surface area contributed by atoms with Gasteiger partial charge in [0.15, 0.2) is 23.1 Å². The Morgan fingerprint density at radius 2 is 0.792 bits per heavy atom. The molecule has 0 saturated heterocycles. The number of Topliss-reactive ketones (excluding diaryl/α,β-unsaturated/α-hetero) is 1. The summed E-state index contributed by atoms with van der Waals surface area (Å²) in [6, 6.07) is 0. The van der Waals surface area contributed by atoms with Crippen molar-refractivity contribution in [2.45, 2.75) is 272 Å². The molecular formula is C77H108N12O7. The van der Waals surface area contributed by atoms with Crippen molar-refractivity contribution in [3.63, 3.8) is 0 Å². The molecule has 11 saturated carbocycles. The largest absolute Gasteiger partial charge is 0.383 e. The van der Waals surface area contributed by atoms with Gasteiger partial charge in [0.2, 0.25) is 0 Å². The average Bonchev–Trinajstić information content (AvgIpc) is 1.51. The van der Waals surface area contributed by atoms with Gasteiger partial charge in [-0.05, 0) is 305 Å². The van der Waals surface area contributed by atoms with Crippen molar-refractivity contribution < 1.29 is 34.1 Å². The molecule has 0 heterocycles. The number of aliphatic hydroxyl groups is 2. The van der Waals surface area contributed by atoms with Crippen molar-refractivity contribution in [3.8, 4) is 0 Å². The van der Waals surface area contributed by atoms with E-state index in [-0.39, 0.29) is 43.3 Å². The highest BCUT2D eigenvalue weighted by Crippen LogP contribution is 2.72. The Morgan fingerprint density at radius 3 is 1.26 bits per heavy atom.